The predicted octanol–water partition coefficient (Wildman–Crippen LogP) is 3.30. The zero-order chi connectivity index (χ0) is 10.9. The molecule has 1 aromatic carbocycles. The van der Waals surface area contributed by atoms with Crippen LogP contribution in [0.4, 0.5) is 0 Å². The average molecular weight is 275 g/mol. The number of rotatable bonds is 0. The monoisotopic (exact) mass is 274 g/mol. The van der Waals surface area contributed by atoms with E-state index in [1.807, 2.05) is 18.2 Å². The van der Waals surface area contributed by atoms with E-state index in [0.717, 1.165) is 12.0 Å². The van der Waals surface area contributed by atoms with Gasteiger partial charge in [0.1, 0.15) is 0 Å². The lowest BCUT2D eigenvalue weighted by Gasteiger charge is -2.30. The molecule has 3 aliphatic rings. The van der Waals surface area contributed by atoms with Crippen LogP contribution in [-0.4, -0.2) is 5.78 Å². The summed E-state index contributed by atoms with van der Waals surface area (Å²) < 4.78 is -0.0971. The maximum Gasteiger partial charge on any atom is 0.168 e. The van der Waals surface area contributed by atoms with Crippen LogP contribution in [0.1, 0.15) is 22.3 Å². The SMILES string of the molecule is O=C1c2ccccc2[C@]2(Br)[C@H]3C=C[C@@H](C3)[C@H]12. The third-order valence-electron chi connectivity index (χ3n) is 4.42. The van der Waals surface area contributed by atoms with Crippen LogP contribution < -0.4 is 0 Å². The lowest BCUT2D eigenvalue weighted by molar-refractivity contribution is 0.0904. The summed E-state index contributed by atoms with van der Waals surface area (Å²) in [5.41, 5.74) is 2.14. The van der Waals surface area contributed by atoms with Crippen LogP contribution >= 0.6 is 15.9 Å². The van der Waals surface area contributed by atoms with E-state index in [-0.39, 0.29) is 10.2 Å². The second-order valence-electron chi connectivity index (χ2n) is 5.05. The number of carbonyl (C=O) groups excluding carboxylic acids is 1. The first-order valence-electron chi connectivity index (χ1n) is 5.74. The average Bonchev–Trinajstić information content (AvgIpc) is 2.92. The molecule has 0 amide bonds. The van der Waals surface area contributed by atoms with Crippen molar-refractivity contribution in [2.75, 3.05) is 0 Å². The number of fused-ring (bicyclic) bond motifs is 7. The van der Waals surface area contributed by atoms with Crippen molar-refractivity contribution in [1.82, 2.24) is 0 Å². The number of hydrogen-bond donors (Lipinski definition) is 0. The Hall–Kier alpha value is -0.890. The molecule has 1 aromatic rings. The van der Waals surface area contributed by atoms with Gasteiger partial charge in [0.2, 0.25) is 0 Å². The van der Waals surface area contributed by atoms with Crippen LogP contribution in [0.3, 0.4) is 0 Å². The first kappa shape index (κ1) is 9.17. The Labute approximate surface area is 103 Å². The van der Waals surface area contributed by atoms with E-state index in [1.165, 1.54) is 5.56 Å². The minimum absolute atomic E-state index is 0.0971. The summed E-state index contributed by atoms with van der Waals surface area (Å²) in [5.74, 6) is 1.42. The van der Waals surface area contributed by atoms with Gasteiger partial charge in [-0.3, -0.25) is 4.79 Å². The van der Waals surface area contributed by atoms with Crippen LogP contribution in [-0.2, 0) is 4.32 Å². The fourth-order valence-electron chi connectivity index (χ4n) is 3.78. The fourth-order valence-corrected chi connectivity index (χ4v) is 5.01. The molecule has 1 saturated carbocycles. The predicted molar refractivity (Wildman–Crippen MR) is 65.6 cm³/mol. The molecule has 3 aliphatic carbocycles. The van der Waals surface area contributed by atoms with Crippen LogP contribution in [0.15, 0.2) is 36.4 Å². The number of carbonyl (C=O) groups is 1. The van der Waals surface area contributed by atoms with Crippen molar-refractivity contribution < 1.29 is 4.79 Å². The maximum absolute atomic E-state index is 12.4. The van der Waals surface area contributed by atoms with Gasteiger partial charge >= 0.3 is 0 Å². The largest absolute Gasteiger partial charge is 0.294 e. The molecule has 2 bridgehead atoms. The molecule has 4 atom stereocenters. The van der Waals surface area contributed by atoms with Crippen molar-refractivity contribution in [3.63, 3.8) is 0 Å². The topological polar surface area (TPSA) is 17.1 Å². The summed E-state index contributed by atoms with van der Waals surface area (Å²) in [6.07, 6.45) is 5.65. The van der Waals surface area contributed by atoms with E-state index in [9.17, 15) is 4.79 Å². The van der Waals surface area contributed by atoms with Gasteiger partial charge in [0.25, 0.3) is 0 Å². The van der Waals surface area contributed by atoms with E-state index in [4.69, 9.17) is 0 Å². The highest BCUT2D eigenvalue weighted by Crippen LogP contribution is 2.65. The Morgan fingerprint density at radius 1 is 1.25 bits per heavy atom. The highest BCUT2D eigenvalue weighted by atomic mass is 79.9. The molecule has 1 fully saturated rings. The van der Waals surface area contributed by atoms with Crippen LogP contribution in [0.5, 0.6) is 0 Å². The number of ketones is 1. The Kier molecular flexibility index (Phi) is 1.53. The molecule has 0 N–H and O–H groups in total. The van der Waals surface area contributed by atoms with E-state index in [0.29, 0.717) is 17.6 Å². The molecule has 16 heavy (non-hydrogen) atoms. The molecular weight excluding hydrogens is 264 g/mol. The van der Waals surface area contributed by atoms with Gasteiger partial charge in [0, 0.05) is 11.5 Å². The second-order valence-corrected chi connectivity index (χ2v) is 6.36. The summed E-state index contributed by atoms with van der Waals surface area (Å²) in [6.45, 7) is 0. The minimum Gasteiger partial charge on any atom is -0.294 e. The summed E-state index contributed by atoms with van der Waals surface area (Å²) >= 11 is 3.90. The molecule has 0 aliphatic heterocycles. The molecule has 0 aromatic heterocycles. The molecule has 0 unspecified atom stereocenters. The molecule has 0 heterocycles. The van der Waals surface area contributed by atoms with Crippen molar-refractivity contribution in [3.05, 3.63) is 47.5 Å². The molecule has 1 nitrogen and oxygen atoms in total. The van der Waals surface area contributed by atoms with Crippen molar-refractivity contribution in [3.8, 4) is 0 Å². The number of hydrogen-bond acceptors (Lipinski definition) is 1. The number of alkyl halides is 1. The van der Waals surface area contributed by atoms with Gasteiger partial charge in [-0.05, 0) is 23.8 Å². The maximum atomic E-state index is 12.4. The summed E-state index contributed by atoms with van der Waals surface area (Å²) in [4.78, 5) is 12.4. The molecule has 0 spiro atoms. The van der Waals surface area contributed by atoms with E-state index in [2.05, 4.69) is 34.1 Å². The van der Waals surface area contributed by atoms with Crippen molar-refractivity contribution >= 4 is 21.7 Å². The van der Waals surface area contributed by atoms with Gasteiger partial charge in [-0.25, -0.2) is 0 Å². The molecule has 80 valence electrons. The van der Waals surface area contributed by atoms with Crippen molar-refractivity contribution in [2.24, 2.45) is 17.8 Å². The number of allylic oxidation sites excluding steroid dienone is 2. The minimum atomic E-state index is -0.0971. The number of Topliss-reactive ketones (excluding diaryl/α,β-unsaturated/α-hetero) is 1. The van der Waals surface area contributed by atoms with Gasteiger partial charge in [-0.2, -0.15) is 0 Å². The number of halogens is 1. The van der Waals surface area contributed by atoms with Gasteiger partial charge in [-0.15, -0.1) is 0 Å². The lowest BCUT2D eigenvalue weighted by Crippen LogP contribution is -2.31. The first-order chi connectivity index (χ1) is 7.73. The summed E-state index contributed by atoms with van der Waals surface area (Å²) in [6, 6.07) is 8.08. The van der Waals surface area contributed by atoms with Gasteiger partial charge in [-0.1, -0.05) is 52.3 Å². The molecule has 0 saturated heterocycles. The van der Waals surface area contributed by atoms with Crippen LogP contribution in [0, 0.1) is 17.8 Å². The fraction of sp³-hybridized carbons (Fsp3) is 0.357. The Bertz CT molecular complexity index is 533. The highest BCUT2D eigenvalue weighted by molar-refractivity contribution is 9.09. The highest BCUT2D eigenvalue weighted by Gasteiger charge is 2.62. The second kappa shape index (κ2) is 2.67. The Morgan fingerprint density at radius 2 is 2.06 bits per heavy atom. The van der Waals surface area contributed by atoms with Crippen molar-refractivity contribution in [2.45, 2.75) is 10.7 Å². The third kappa shape index (κ3) is 0.797. The van der Waals surface area contributed by atoms with Gasteiger partial charge < -0.3 is 0 Å². The summed E-state index contributed by atoms with van der Waals surface area (Å²) in [7, 11) is 0. The molecule has 4 rings (SSSR count). The van der Waals surface area contributed by atoms with E-state index in [1.54, 1.807) is 0 Å². The standard InChI is InChI=1S/C14H11BrO/c15-14-9-6-5-8(7-9)12(14)13(16)10-3-1-2-4-11(10)14/h1-6,8-9,12H,7H2/t8-,9-,12+,14+/m0/s1. The zero-order valence-corrected chi connectivity index (χ0v) is 10.3. The molecule has 2 heteroatoms. The van der Waals surface area contributed by atoms with Crippen molar-refractivity contribution in [1.29, 1.82) is 0 Å². The van der Waals surface area contributed by atoms with E-state index < -0.39 is 0 Å². The van der Waals surface area contributed by atoms with Gasteiger partial charge in [0.15, 0.2) is 5.78 Å². The van der Waals surface area contributed by atoms with Crippen LogP contribution in [0.2, 0.25) is 0 Å². The number of benzene rings is 1. The van der Waals surface area contributed by atoms with Crippen LogP contribution in [0.25, 0.3) is 0 Å². The quantitative estimate of drug-likeness (QED) is 0.524. The Morgan fingerprint density at radius 3 is 2.94 bits per heavy atom. The molecular formula is C14H11BrO. The first-order valence-corrected chi connectivity index (χ1v) is 6.53. The molecule has 0 radical (unpaired) electrons. The Balaban J connectivity index is 2.03. The summed E-state index contributed by atoms with van der Waals surface area (Å²) in [5, 5.41) is 0. The third-order valence-corrected chi connectivity index (χ3v) is 5.93. The normalized spacial score (nSPS) is 42.6. The zero-order valence-electron chi connectivity index (χ0n) is 8.69. The lowest BCUT2D eigenvalue weighted by atomic mass is 9.83. The van der Waals surface area contributed by atoms with Gasteiger partial charge in [0.05, 0.1) is 4.32 Å². The van der Waals surface area contributed by atoms with E-state index >= 15 is 0 Å². The smallest absolute Gasteiger partial charge is 0.168 e.